The summed E-state index contributed by atoms with van der Waals surface area (Å²) in [5.74, 6) is 2.86. The number of para-hydroxylation sites is 1. The van der Waals surface area contributed by atoms with E-state index in [1.54, 1.807) is 0 Å². The van der Waals surface area contributed by atoms with Crippen LogP contribution in [0.4, 0.5) is 17.1 Å². The molecule has 60 heavy (non-hydrogen) atoms. The third kappa shape index (κ3) is 4.49. The fourth-order valence-corrected chi connectivity index (χ4v) is 10.5. The fraction of sp³-hybridized carbons (Fsp3) is 0.0175. The summed E-state index contributed by atoms with van der Waals surface area (Å²) in [5.41, 5.74) is 14.9. The molecule has 0 unspecified atom stereocenters. The number of fused-ring (bicyclic) bond motifs is 15. The van der Waals surface area contributed by atoms with Gasteiger partial charge in [0.15, 0.2) is 23.0 Å². The number of benzene rings is 10. The Hall–Kier alpha value is -7.88. The first-order chi connectivity index (χ1) is 29.8. The molecule has 10 aromatic rings. The summed E-state index contributed by atoms with van der Waals surface area (Å²) in [6.45, 7) is 0. The second kappa shape index (κ2) is 12.6. The van der Waals surface area contributed by atoms with Gasteiger partial charge in [-0.05, 0) is 103 Å². The lowest BCUT2D eigenvalue weighted by atomic mass is 9.70. The summed E-state index contributed by atoms with van der Waals surface area (Å²) in [6.07, 6.45) is 0. The van der Waals surface area contributed by atoms with E-state index in [4.69, 9.17) is 9.47 Å². The lowest BCUT2D eigenvalue weighted by Crippen LogP contribution is -2.25. The smallest absolute Gasteiger partial charge is 0.178 e. The molecule has 0 bridgehead atoms. The third-order valence-corrected chi connectivity index (χ3v) is 12.9. The monoisotopic (exact) mass is 765 g/mol. The van der Waals surface area contributed by atoms with Gasteiger partial charge in [-0.2, -0.15) is 0 Å². The Bertz CT molecular complexity index is 3350. The van der Waals surface area contributed by atoms with Crippen molar-refractivity contribution in [2.24, 2.45) is 0 Å². The summed E-state index contributed by atoms with van der Waals surface area (Å²) in [7, 11) is 0. The van der Waals surface area contributed by atoms with Crippen LogP contribution in [0.5, 0.6) is 23.0 Å². The van der Waals surface area contributed by atoms with E-state index < -0.39 is 5.41 Å². The summed E-state index contributed by atoms with van der Waals surface area (Å²) < 4.78 is 14.0. The molecule has 1 spiro atoms. The Kier molecular flexibility index (Phi) is 6.93. The van der Waals surface area contributed by atoms with Gasteiger partial charge in [-0.15, -0.1) is 0 Å². The molecule has 0 saturated carbocycles. The molecule has 3 aliphatic rings. The Morgan fingerprint density at radius 1 is 0.350 bits per heavy atom. The molecular formula is C57H35NO2. The molecule has 1 aliphatic heterocycles. The van der Waals surface area contributed by atoms with Gasteiger partial charge in [0.2, 0.25) is 0 Å². The molecule has 280 valence electrons. The van der Waals surface area contributed by atoms with Crippen LogP contribution >= 0.6 is 0 Å². The molecule has 0 fully saturated rings. The largest absolute Gasteiger partial charge is 0.449 e. The van der Waals surface area contributed by atoms with E-state index >= 15 is 0 Å². The molecule has 0 atom stereocenters. The molecule has 3 heteroatoms. The standard InChI is InChI=1S/C57H35NO2/c1-2-18-39(19-3-1)58(49-28-14-17-36-15-4-6-20-40(36)49)50-32-29-37-16-5-7-21-41(37)54(50)38-30-33-51-53(35-38)59-52-34-31-48-55(56(52)60-51)44-24-10-13-27-47(44)57(48)45-25-11-8-22-42(45)43-23-9-12-26-46(43)57/h1-35H. The molecule has 0 saturated heterocycles. The topological polar surface area (TPSA) is 21.7 Å². The lowest BCUT2D eigenvalue weighted by molar-refractivity contribution is 0.360. The Morgan fingerprint density at radius 3 is 1.72 bits per heavy atom. The van der Waals surface area contributed by atoms with Crippen LogP contribution < -0.4 is 14.4 Å². The van der Waals surface area contributed by atoms with E-state index in [9.17, 15) is 0 Å². The molecule has 0 aromatic heterocycles. The van der Waals surface area contributed by atoms with Gasteiger partial charge in [0.05, 0.1) is 16.8 Å². The van der Waals surface area contributed by atoms with Crippen LogP contribution in [0.2, 0.25) is 0 Å². The van der Waals surface area contributed by atoms with Crippen molar-refractivity contribution in [3.8, 4) is 56.4 Å². The van der Waals surface area contributed by atoms with Crippen molar-refractivity contribution in [2.45, 2.75) is 5.41 Å². The first kappa shape index (κ1) is 33.1. The Morgan fingerprint density at radius 2 is 0.950 bits per heavy atom. The maximum Gasteiger partial charge on any atom is 0.178 e. The van der Waals surface area contributed by atoms with Crippen molar-refractivity contribution in [1.29, 1.82) is 0 Å². The van der Waals surface area contributed by atoms with Gasteiger partial charge in [0.1, 0.15) is 0 Å². The van der Waals surface area contributed by atoms with Gasteiger partial charge >= 0.3 is 0 Å². The first-order valence-corrected chi connectivity index (χ1v) is 20.6. The molecule has 0 radical (unpaired) electrons. The van der Waals surface area contributed by atoms with Crippen LogP contribution in [-0.4, -0.2) is 0 Å². The molecule has 13 rings (SSSR count). The number of ether oxygens (including phenoxy) is 2. The third-order valence-electron chi connectivity index (χ3n) is 12.9. The minimum absolute atomic E-state index is 0.457. The van der Waals surface area contributed by atoms with Crippen LogP contribution in [0.15, 0.2) is 212 Å². The number of nitrogens with zero attached hydrogens (tertiary/aromatic N) is 1. The fourth-order valence-electron chi connectivity index (χ4n) is 10.5. The van der Waals surface area contributed by atoms with Crippen molar-refractivity contribution in [3.63, 3.8) is 0 Å². The van der Waals surface area contributed by atoms with E-state index in [0.717, 1.165) is 44.9 Å². The van der Waals surface area contributed by atoms with E-state index in [0.29, 0.717) is 17.2 Å². The van der Waals surface area contributed by atoms with Crippen molar-refractivity contribution < 1.29 is 9.47 Å². The zero-order chi connectivity index (χ0) is 39.4. The van der Waals surface area contributed by atoms with Gasteiger partial charge in [0, 0.05) is 22.2 Å². The maximum atomic E-state index is 7.06. The van der Waals surface area contributed by atoms with Crippen LogP contribution in [0.3, 0.4) is 0 Å². The predicted octanol–water partition coefficient (Wildman–Crippen LogP) is 15.4. The van der Waals surface area contributed by atoms with Gasteiger partial charge < -0.3 is 14.4 Å². The molecule has 3 nitrogen and oxygen atoms in total. The van der Waals surface area contributed by atoms with Crippen molar-refractivity contribution in [3.05, 3.63) is 235 Å². The Labute approximate surface area is 348 Å². The molecule has 2 aliphatic carbocycles. The van der Waals surface area contributed by atoms with E-state index in [1.165, 1.54) is 55.1 Å². The molecule has 0 amide bonds. The average Bonchev–Trinajstić information content (AvgIpc) is 3.79. The highest BCUT2D eigenvalue weighted by molar-refractivity contribution is 6.08. The van der Waals surface area contributed by atoms with E-state index in [2.05, 4.69) is 217 Å². The summed E-state index contributed by atoms with van der Waals surface area (Å²) in [5, 5.41) is 4.70. The van der Waals surface area contributed by atoms with Gasteiger partial charge in [-0.3, -0.25) is 0 Å². The van der Waals surface area contributed by atoms with E-state index in [-0.39, 0.29) is 0 Å². The SMILES string of the molecule is c1ccc(N(c2ccc3ccccc3c2-c2ccc3c(c2)Oc2ccc4c(c2O3)-c2ccccc2C42c3ccccc3-c3ccccc32)c2cccc3ccccc23)cc1. The normalized spacial score (nSPS) is 13.4. The number of anilines is 3. The second-order valence-corrected chi connectivity index (χ2v) is 15.9. The van der Waals surface area contributed by atoms with E-state index in [1.807, 2.05) is 0 Å². The van der Waals surface area contributed by atoms with Crippen LogP contribution in [-0.2, 0) is 5.41 Å². The summed E-state index contributed by atoms with van der Waals surface area (Å²) in [6, 6.07) is 76.4. The van der Waals surface area contributed by atoms with Crippen molar-refractivity contribution in [2.75, 3.05) is 4.90 Å². The number of rotatable bonds is 4. The molecule has 10 aromatic carbocycles. The summed E-state index contributed by atoms with van der Waals surface area (Å²) in [4.78, 5) is 2.39. The Balaban J connectivity index is 0.987. The minimum atomic E-state index is -0.457. The highest BCUT2D eigenvalue weighted by Gasteiger charge is 2.53. The highest BCUT2D eigenvalue weighted by atomic mass is 16.6. The zero-order valence-electron chi connectivity index (χ0n) is 32.5. The first-order valence-electron chi connectivity index (χ1n) is 20.6. The highest BCUT2D eigenvalue weighted by Crippen LogP contribution is 2.66. The molecule has 1 heterocycles. The molecular weight excluding hydrogens is 731 g/mol. The quantitative estimate of drug-likeness (QED) is 0.178. The second-order valence-electron chi connectivity index (χ2n) is 15.9. The van der Waals surface area contributed by atoms with Gasteiger partial charge in [-0.25, -0.2) is 0 Å². The number of hydrogen-bond donors (Lipinski definition) is 0. The van der Waals surface area contributed by atoms with Crippen LogP contribution in [0, 0.1) is 0 Å². The van der Waals surface area contributed by atoms with Crippen molar-refractivity contribution >= 4 is 38.6 Å². The minimum Gasteiger partial charge on any atom is -0.449 e. The van der Waals surface area contributed by atoms with Crippen LogP contribution in [0.1, 0.15) is 22.3 Å². The van der Waals surface area contributed by atoms with Crippen molar-refractivity contribution in [1.82, 2.24) is 0 Å². The van der Waals surface area contributed by atoms with Gasteiger partial charge in [0.25, 0.3) is 0 Å². The van der Waals surface area contributed by atoms with Crippen LogP contribution in [0.25, 0.3) is 54.9 Å². The molecule has 0 N–H and O–H groups in total. The average molecular weight is 766 g/mol. The lowest BCUT2D eigenvalue weighted by Gasteiger charge is -2.31. The van der Waals surface area contributed by atoms with Gasteiger partial charge in [-0.1, -0.05) is 170 Å². The summed E-state index contributed by atoms with van der Waals surface area (Å²) >= 11 is 0. The predicted molar refractivity (Wildman–Crippen MR) is 244 cm³/mol. The zero-order valence-corrected chi connectivity index (χ0v) is 32.5. The maximum absolute atomic E-state index is 7.06. The number of hydrogen-bond acceptors (Lipinski definition) is 3.